The van der Waals surface area contributed by atoms with Gasteiger partial charge in [0, 0.05) is 12.6 Å². The minimum Gasteiger partial charge on any atom is -0.508 e. The molecule has 0 bridgehead atoms. The van der Waals surface area contributed by atoms with Crippen LogP contribution in [0.3, 0.4) is 0 Å². The molecule has 3 aromatic rings. The number of amides is 4. The zero-order valence-electron chi connectivity index (χ0n) is 24.1. The van der Waals surface area contributed by atoms with Crippen LogP contribution in [0.5, 0.6) is 5.75 Å². The third-order valence-corrected chi connectivity index (χ3v) is 7.49. The molecule has 0 spiro atoms. The molecule has 8 N–H and O–H groups in total. The number of phenolic OH excluding ortho intramolecular Hbond substituents is 1. The van der Waals surface area contributed by atoms with Gasteiger partial charge in [0.2, 0.25) is 17.7 Å². The number of hydrogen-bond donors (Lipinski definition) is 7. The van der Waals surface area contributed by atoms with Gasteiger partial charge >= 0.3 is 6.09 Å². The second-order valence-corrected chi connectivity index (χ2v) is 10.7. The van der Waals surface area contributed by atoms with Crippen molar-refractivity contribution in [2.45, 2.75) is 56.5 Å². The normalized spacial score (nSPS) is 24.5. The summed E-state index contributed by atoms with van der Waals surface area (Å²) >= 11 is 0. The van der Waals surface area contributed by atoms with Crippen molar-refractivity contribution in [2.24, 2.45) is 5.73 Å². The van der Waals surface area contributed by atoms with E-state index in [0.717, 1.165) is 5.56 Å². The van der Waals surface area contributed by atoms with E-state index in [1.165, 1.54) is 22.1 Å². The molecule has 4 amide bonds. The van der Waals surface area contributed by atoms with Crippen LogP contribution in [0.15, 0.2) is 36.9 Å². The van der Waals surface area contributed by atoms with E-state index in [-0.39, 0.29) is 24.8 Å². The van der Waals surface area contributed by atoms with Crippen molar-refractivity contribution >= 4 is 40.8 Å². The lowest BCUT2D eigenvalue weighted by Gasteiger charge is -2.19. The van der Waals surface area contributed by atoms with E-state index in [0.29, 0.717) is 23.5 Å². The lowest BCUT2D eigenvalue weighted by Crippen LogP contribution is -2.47. The number of aliphatic hydroxyl groups is 2. The standard InChI is InChI=1S/C27H33N9O9/c1-13-6-16(25(42)35(13)9-18(28)38)34-19(39)8-30-27(43)44-10-17-21(40)22(41)26(45-17)36-12-33-20-23(31-11-32-24(20)36)29-7-14-2-4-15(37)5-3-14/h2-5,11-13,16-17,21-22,26,37,40-41H,6-10H2,1H3,(H2,28,38)(H,30,43)(H,34,39)(H,29,31,32). The Balaban J connectivity index is 1.11. The van der Waals surface area contributed by atoms with E-state index in [9.17, 15) is 34.5 Å². The van der Waals surface area contributed by atoms with Crippen molar-refractivity contribution in [1.29, 1.82) is 0 Å². The second-order valence-electron chi connectivity index (χ2n) is 10.7. The first kappa shape index (κ1) is 31.4. The molecule has 5 rings (SSSR count). The van der Waals surface area contributed by atoms with Gasteiger partial charge in [-0.15, -0.1) is 0 Å². The van der Waals surface area contributed by atoms with Crippen LogP contribution in [0.1, 0.15) is 25.1 Å². The molecular formula is C27H33N9O9. The van der Waals surface area contributed by atoms with E-state index in [4.69, 9.17) is 15.2 Å². The van der Waals surface area contributed by atoms with Gasteiger partial charge in [-0.25, -0.2) is 19.7 Å². The highest BCUT2D eigenvalue weighted by Gasteiger charge is 2.45. The summed E-state index contributed by atoms with van der Waals surface area (Å²) in [6.07, 6.45) is -3.13. The topological polar surface area (TPSA) is 256 Å². The minimum atomic E-state index is -1.43. The summed E-state index contributed by atoms with van der Waals surface area (Å²) in [5, 5.41) is 38.7. The second kappa shape index (κ2) is 13.3. The number of imidazole rings is 1. The van der Waals surface area contributed by atoms with Crippen LogP contribution in [-0.2, 0) is 30.4 Å². The number of fused-ring (bicyclic) bond motifs is 1. The zero-order chi connectivity index (χ0) is 32.2. The number of carbonyl (C=O) groups is 4. The molecular weight excluding hydrogens is 594 g/mol. The average Bonchev–Trinajstić information content (AvgIpc) is 3.64. The van der Waals surface area contributed by atoms with Gasteiger partial charge in [0.05, 0.1) is 12.9 Å². The predicted molar refractivity (Wildman–Crippen MR) is 153 cm³/mol. The highest BCUT2D eigenvalue weighted by atomic mass is 16.6. The number of primary amides is 1. The Kier molecular flexibility index (Phi) is 9.26. The number of ether oxygens (including phenoxy) is 2. The molecule has 2 fully saturated rings. The first-order valence-electron chi connectivity index (χ1n) is 14.0. The molecule has 240 valence electrons. The number of rotatable bonds is 11. The maximum Gasteiger partial charge on any atom is 0.407 e. The number of anilines is 1. The van der Waals surface area contributed by atoms with Crippen LogP contribution in [0.4, 0.5) is 10.6 Å². The number of phenols is 1. The van der Waals surface area contributed by atoms with Crippen molar-refractivity contribution in [3.8, 4) is 5.75 Å². The van der Waals surface area contributed by atoms with E-state index in [1.807, 2.05) is 0 Å². The van der Waals surface area contributed by atoms with Crippen molar-refractivity contribution in [3.05, 3.63) is 42.5 Å². The van der Waals surface area contributed by atoms with Crippen molar-refractivity contribution < 1.29 is 44.0 Å². The lowest BCUT2D eigenvalue weighted by molar-refractivity contribution is -0.135. The molecule has 2 saturated heterocycles. The van der Waals surface area contributed by atoms with Gasteiger partial charge < -0.3 is 51.4 Å². The molecule has 0 radical (unpaired) electrons. The van der Waals surface area contributed by atoms with Crippen LogP contribution in [0.25, 0.3) is 11.2 Å². The summed E-state index contributed by atoms with van der Waals surface area (Å²) in [5.41, 5.74) is 6.75. The summed E-state index contributed by atoms with van der Waals surface area (Å²) in [5.74, 6) is -1.21. The Morgan fingerprint density at radius 1 is 1.13 bits per heavy atom. The van der Waals surface area contributed by atoms with Gasteiger partial charge in [-0.05, 0) is 31.0 Å². The first-order valence-corrected chi connectivity index (χ1v) is 14.0. The number of nitrogens with two attached hydrogens (primary N) is 1. The molecule has 45 heavy (non-hydrogen) atoms. The van der Waals surface area contributed by atoms with Crippen molar-refractivity contribution in [1.82, 2.24) is 35.1 Å². The Labute approximate surface area is 255 Å². The quantitative estimate of drug-likeness (QED) is 0.122. The monoisotopic (exact) mass is 627 g/mol. The smallest absolute Gasteiger partial charge is 0.407 e. The van der Waals surface area contributed by atoms with Crippen LogP contribution >= 0.6 is 0 Å². The summed E-state index contributed by atoms with van der Waals surface area (Å²) in [6.45, 7) is 0.895. The Morgan fingerprint density at radius 2 is 1.89 bits per heavy atom. The van der Waals surface area contributed by atoms with Gasteiger partial charge in [0.25, 0.3) is 0 Å². The molecule has 0 aliphatic carbocycles. The maximum atomic E-state index is 12.4. The number of nitrogens with zero attached hydrogens (tertiary/aromatic N) is 5. The van der Waals surface area contributed by atoms with E-state index >= 15 is 0 Å². The summed E-state index contributed by atoms with van der Waals surface area (Å²) < 4.78 is 12.3. The van der Waals surface area contributed by atoms with Crippen LogP contribution < -0.4 is 21.7 Å². The van der Waals surface area contributed by atoms with Gasteiger partial charge in [0.1, 0.15) is 49.6 Å². The highest BCUT2D eigenvalue weighted by molar-refractivity contribution is 5.93. The highest BCUT2D eigenvalue weighted by Crippen LogP contribution is 2.32. The minimum absolute atomic E-state index is 0.149. The number of alkyl carbamates (subject to hydrolysis) is 1. The third kappa shape index (κ3) is 7.03. The molecule has 0 saturated carbocycles. The van der Waals surface area contributed by atoms with Crippen molar-refractivity contribution in [2.75, 3.05) is 25.0 Å². The first-order chi connectivity index (χ1) is 21.5. The van der Waals surface area contributed by atoms with Gasteiger partial charge in [-0.1, -0.05) is 12.1 Å². The Bertz CT molecular complexity index is 1570. The summed E-state index contributed by atoms with van der Waals surface area (Å²) in [4.78, 5) is 62.2. The molecule has 2 aromatic heterocycles. The molecule has 2 aliphatic heterocycles. The fourth-order valence-corrected chi connectivity index (χ4v) is 5.18. The van der Waals surface area contributed by atoms with Crippen LogP contribution in [0, 0.1) is 0 Å². The number of likely N-dealkylation sites (tertiary alicyclic amines) is 1. The molecule has 6 atom stereocenters. The zero-order valence-corrected chi connectivity index (χ0v) is 24.1. The van der Waals surface area contributed by atoms with Gasteiger partial charge in [-0.2, -0.15) is 0 Å². The number of aromatic nitrogens is 4. The molecule has 18 heteroatoms. The number of aromatic hydroxyl groups is 1. The number of benzene rings is 1. The third-order valence-electron chi connectivity index (χ3n) is 7.49. The lowest BCUT2D eigenvalue weighted by atomic mass is 10.1. The SMILES string of the molecule is CC1CC(NC(=O)CNC(=O)OCC2OC(n3cnc4c(NCc5ccc(O)cc5)ncnc43)C(O)C2O)C(=O)N1CC(N)=O. The fraction of sp³-hybridized carbons (Fsp3) is 0.444. The fourth-order valence-electron chi connectivity index (χ4n) is 5.18. The molecule has 4 heterocycles. The number of hydrogen-bond acceptors (Lipinski definition) is 13. The van der Waals surface area contributed by atoms with Crippen molar-refractivity contribution in [3.63, 3.8) is 0 Å². The molecule has 18 nitrogen and oxygen atoms in total. The number of carbonyl (C=O) groups excluding carboxylic acids is 4. The van der Waals surface area contributed by atoms with Gasteiger partial charge in [-0.3, -0.25) is 19.0 Å². The predicted octanol–water partition coefficient (Wildman–Crippen LogP) is -1.92. The number of nitrogens with one attached hydrogen (secondary N) is 3. The van der Waals surface area contributed by atoms with E-state index in [1.54, 1.807) is 31.2 Å². The maximum absolute atomic E-state index is 12.4. The van der Waals surface area contributed by atoms with Gasteiger partial charge in [0.15, 0.2) is 23.2 Å². The van der Waals surface area contributed by atoms with E-state index < -0.39 is 67.5 Å². The Morgan fingerprint density at radius 3 is 2.62 bits per heavy atom. The van der Waals surface area contributed by atoms with E-state index in [2.05, 4.69) is 30.9 Å². The Hall–Kier alpha value is -5.07. The number of aliphatic hydroxyl groups excluding tert-OH is 2. The summed E-state index contributed by atoms with van der Waals surface area (Å²) in [6, 6.07) is 5.48. The molecule has 2 aliphatic rings. The molecule has 1 aromatic carbocycles. The molecule has 6 unspecified atom stereocenters. The largest absolute Gasteiger partial charge is 0.508 e. The average molecular weight is 628 g/mol. The van der Waals surface area contributed by atoms with Crippen LogP contribution in [0.2, 0.25) is 0 Å². The summed E-state index contributed by atoms with van der Waals surface area (Å²) in [7, 11) is 0. The van der Waals surface area contributed by atoms with Crippen LogP contribution in [-0.4, -0.2) is 114 Å².